The first-order valence-electron chi connectivity index (χ1n) is 8.27. The number of halogens is 3. The molecule has 1 aromatic heterocycles. The summed E-state index contributed by atoms with van der Waals surface area (Å²) in [6.45, 7) is 3.45. The number of rotatable bonds is 6. The van der Waals surface area contributed by atoms with Gasteiger partial charge in [0.2, 0.25) is 0 Å². The second-order valence-corrected chi connectivity index (χ2v) is 6.72. The Kier molecular flexibility index (Phi) is 5.37. The summed E-state index contributed by atoms with van der Waals surface area (Å²) in [6, 6.07) is 5.75. The number of fused-ring (bicyclic) bond motifs is 1. The quantitative estimate of drug-likeness (QED) is 0.593. The zero-order valence-electron chi connectivity index (χ0n) is 14.7. The van der Waals surface area contributed by atoms with E-state index in [2.05, 4.69) is 0 Å². The number of carboxylic acid groups (broad SMARTS) is 1. The lowest BCUT2D eigenvalue weighted by Gasteiger charge is -2.13. The standard InChI is InChI=1S/C20H17ClF2O4/c1-10-5-13-8-15(21)11(2)14(19(13)27-10)9-26-20-16(22)6-12(7-17(20)23)3-4-18(24)25/h5-8H,3-4,9H2,1-2H3,(H,24,25). The topological polar surface area (TPSA) is 59.7 Å². The summed E-state index contributed by atoms with van der Waals surface area (Å²) in [4.78, 5) is 10.6. The maximum Gasteiger partial charge on any atom is 0.303 e. The van der Waals surface area contributed by atoms with Crippen molar-refractivity contribution in [2.24, 2.45) is 0 Å². The molecular formula is C20H17ClF2O4. The van der Waals surface area contributed by atoms with Crippen molar-refractivity contribution in [1.29, 1.82) is 0 Å². The van der Waals surface area contributed by atoms with E-state index in [9.17, 15) is 13.6 Å². The van der Waals surface area contributed by atoms with E-state index in [1.54, 1.807) is 19.9 Å². The van der Waals surface area contributed by atoms with Crippen molar-refractivity contribution < 1.29 is 27.8 Å². The van der Waals surface area contributed by atoms with Gasteiger partial charge >= 0.3 is 5.97 Å². The molecule has 0 bridgehead atoms. The number of aliphatic carboxylic acids is 1. The van der Waals surface area contributed by atoms with E-state index in [-0.39, 0.29) is 25.0 Å². The third-order valence-corrected chi connectivity index (χ3v) is 4.69. The molecule has 0 radical (unpaired) electrons. The third-order valence-electron chi connectivity index (χ3n) is 4.30. The van der Waals surface area contributed by atoms with Gasteiger partial charge in [0.15, 0.2) is 17.4 Å². The Morgan fingerprint density at radius 2 is 1.85 bits per heavy atom. The Labute approximate surface area is 159 Å². The average Bonchev–Trinajstić information content (AvgIpc) is 2.95. The second-order valence-electron chi connectivity index (χ2n) is 6.31. The summed E-state index contributed by atoms with van der Waals surface area (Å²) in [5.74, 6) is -2.65. The van der Waals surface area contributed by atoms with Crippen LogP contribution in [0.15, 0.2) is 28.7 Å². The van der Waals surface area contributed by atoms with Crippen LogP contribution < -0.4 is 4.74 Å². The van der Waals surface area contributed by atoms with Gasteiger partial charge in [-0.05, 0) is 55.7 Å². The molecule has 0 unspecified atom stereocenters. The SMILES string of the molecule is Cc1cc2cc(Cl)c(C)c(COc3c(F)cc(CCC(=O)O)cc3F)c2o1. The zero-order valence-corrected chi connectivity index (χ0v) is 15.5. The van der Waals surface area contributed by atoms with Gasteiger partial charge in [-0.25, -0.2) is 8.78 Å². The summed E-state index contributed by atoms with van der Waals surface area (Å²) in [5.41, 5.74) is 2.13. The molecule has 0 spiro atoms. The van der Waals surface area contributed by atoms with Crippen LogP contribution in [-0.4, -0.2) is 11.1 Å². The van der Waals surface area contributed by atoms with E-state index in [4.69, 9.17) is 25.9 Å². The largest absolute Gasteiger partial charge is 0.483 e. The Morgan fingerprint density at radius 1 is 1.19 bits per heavy atom. The first kappa shape index (κ1) is 19.2. The van der Waals surface area contributed by atoms with Crippen LogP contribution >= 0.6 is 11.6 Å². The zero-order chi connectivity index (χ0) is 19.7. The molecule has 0 saturated heterocycles. The van der Waals surface area contributed by atoms with Gasteiger partial charge in [0.25, 0.3) is 0 Å². The third kappa shape index (κ3) is 4.06. The summed E-state index contributed by atoms with van der Waals surface area (Å²) in [6.07, 6.45) is -0.181. The minimum absolute atomic E-state index is 0.0309. The number of aryl methyl sites for hydroxylation is 2. The molecule has 0 amide bonds. The van der Waals surface area contributed by atoms with Crippen molar-refractivity contribution in [3.05, 3.63) is 63.4 Å². The van der Waals surface area contributed by atoms with Crippen LogP contribution in [0.5, 0.6) is 5.75 Å². The van der Waals surface area contributed by atoms with Crippen LogP contribution in [0.4, 0.5) is 8.78 Å². The lowest BCUT2D eigenvalue weighted by molar-refractivity contribution is -0.136. The number of benzene rings is 2. The number of hydrogen-bond donors (Lipinski definition) is 1. The minimum atomic E-state index is -1.04. The molecule has 2 aromatic carbocycles. The number of carboxylic acids is 1. The number of hydrogen-bond acceptors (Lipinski definition) is 3. The van der Waals surface area contributed by atoms with E-state index < -0.39 is 23.4 Å². The lowest BCUT2D eigenvalue weighted by Crippen LogP contribution is -2.04. The number of carbonyl (C=O) groups is 1. The van der Waals surface area contributed by atoms with Gasteiger partial charge in [-0.2, -0.15) is 0 Å². The van der Waals surface area contributed by atoms with Crippen LogP contribution in [0.3, 0.4) is 0 Å². The molecule has 7 heteroatoms. The normalized spacial score (nSPS) is 11.1. The molecule has 3 aromatic rings. The molecule has 27 heavy (non-hydrogen) atoms. The van der Waals surface area contributed by atoms with Crippen LogP contribution in [0.1, 0.15) is 28.9 Å². The first-order valence-corrected chi connectivity index (χ1v) is 8.64. The van der Waals surface area contributed by atoms with E-state index in [0.29, 0.717) is 27.5 Å². The van der Waals surface area contributed by atoms with Crippen LogP contribution in [0, 0.1) is 25.5 Å². The Balaban J connectivity index is 1.88. The molecule has 4 nitrogen and oxygen atoms in total. The highest BCUT2D eigenvalue weighted by Crippen LogP contribution is 2.33. The molecule has 0 aliphatic rings. The van der Waals surface area contributed by atoms with E-state index >= 15 is 0 Å². The van der Waals surface area contributed by atoms with Gasteiger partial charge in [0, 0.05) is 22.4 Å². The van der Waals surface area contributed by atoms with Crippen LogP contribution in [0.25, 0.3) is 11.0 Å². The van der Waals surface area contributed by atoms with Gasteiger partial charge in [0.05, 0.1) is 0 Å². The maximum atomic E-state index is 14.3. The van der Waals surface area contributed by atoms with E-state index in [1.165, 1.54) is 0 Å². The molecule has 1 heterocycles. The number of ether oxygens (including phenoxy) is 1. The van der Waals surface area contributed by atoms with Crippen molar-refractivity contribution in [3.63, 3.8) is 0 Å². The highest BCUT2D eigenvalue weighted by Gasteiger charge is 2.17. The fourth-order valence-corrected chi connectivity index (χ4v) is 3.13. The van der Waals surface area contributed by atoms with Gasteiger partial charge < -0.3 is 14.3 Å². The molecule has 0 saturated carbocycles. The summed E-state index contributed by atoms with van der Waals surface area (Å²) >= 11 is 6.23. The Morgan fingerprint density at radius 3 is 2.48 bits per heavy atom. The molecule has 0 aliphatic carbocycles. The monoisotopic (exact) mass is 394 g/mol. The molecule has 0 aliphatic heterocycles. The van der Waals surface area contributed by atoms with Crippen molar-refractivity contribution in [3.8, 4) is 5.75 Å². The molecule has 1 N–H and O–H groups in total. The minimum Gasteiger partial charge on any atom is -0.483 e. The average molecular weight is 395 g/mol. The summed E-state index contributed by atoms with van der Waals surface area (Å²) in [7, 11) is 0. The van der Waals surface area contributed by atoms with Gasteiger partial charge in [-0.3, -0.25) is 4.79 Å². The fraction of sp³-hybridized carbons (Fsp3) is 0.250. The molecular weight excluding hydrogens is 378 g/mol. The molecule has 0 fully saturated rings. The predicted octanol–water partition coefficient (Wildman–Crippen LogP) is 5.58. The highest BCUT2D eigenvalue weighted by atomic mass is 35.5. The van der Waals surface area contributed by atoms with Crippen molar-refractivity contribution >= 4 is 28.5 Å². The second kappa shape index (κ2) is 7.56. The van der Waals surface area contributed by atoms with Gasteiger partial charge in [-0.15, -0.1) is 0 Å². The Bertz CT molecular complexity index is 1000. The summed E-state index contributed by atoms with van der Waals surface area (Å²) < 4.78 is 39.6. The molecule has 3 rings (SSSR count). The highest BCUT2D eigenvalue weighted by molar-refractivity contribution is 6.32. The number of furan rings is 1. The van der Waals surface area contributed by atoms with Gasteiger partial charge in [-0.1, -0.05) is 11.6 Å². The van der Waals surface area contributed by atoms with E-state index in [1.807, 2.05) is 6.07 Å². The van der Waals surface area contributed by atoms with Crippen molar-refractivity contribution in [2.45, 2.75) is 33.3 Å². The van der Waals surface area contributed by atoms with Crippen LogP contribution in [-0.2, 0) is 17.8 Å². The lowest BCUT2D eigenvalue weighted by atomic mass is 10.1. The van der Waals surface area contributed by atoms with Crippen LogP contribution in [0.2, 0.25) is 5.02 Å². The fourth-order valence-electron chi connectivity index (χ4n) is 2.90. The van der Waals surface area contributed by atoms with Crippen molar-refractivity contribution in [1.82, 2.24) is 0 Å². The predicted molar refractivity (Wildman–Crippen MR) is 97.3 cm³/mol. The van der Waals surface area contributed by atoms with E-state index in [0.717, 1.165) is 17.5 Å². The molecule has 142 valence electrons. The smallest absolute Gasteiger partial charge is 0.303 e. The Hall–Kier alpha value is -2.60. The molecule has 0 atom stereocenters. The van der Waals surface area contributed by atoms with Crippen molar-refractivity contribution in [2.75, 3.05) is 0 Å². The first-order chi connectivity index (χ1) is 12.8. The summed E-state index contributed by atoms with van der Waals surface area (Å²) in [5, 5.41) is 9.97. The van der Waals surface area contributed by atoms with Gasteiger partial charge in [0.1, 0.15) is 18.0 Å². The maximum absolute atomic E-state index is 14.3.